The first kappa shape index (κ1) is 17.2. The van der Waals surface area contributed by atoms with Crippen molar-refractivity contribution in [2.24, 2.45) is 10.4 Å². The van der Waals surface area contributed by atoms with Crippen molar-refractivity contribution in [3.8, 4) is 0 Å². The van der Waals surface area contributed by atoms with Gasteiger partial charge in [0.15, 0.2) is 5.96 Å². The first-order valence-electron chi connectivity index (χ1n) is 9.65. The summed E-state index contributed by atoms with van der Waals surface area (Å²) >= 11 is 0. The maximum Gasteiger partial charge on any atom is 0.193 e. The number of aryl methyl sites for hydroxylation is 1. The zero-order valence-electron chi connectivity index (χ0n) is 15.4. The molecule has 1 spiro atoms. The molecule has 2 aliphatic rings. The fourth-order valence-corrected chi connectivity index (χ4v) is 4.32. The molecule has 1 aromatic rings. The van der Waals surface area contributed by atoms with Gasteiger partial charge in [-0.05, 0) is 62.1 Å². The van der Waals surface area contributed by atoms with Crippen molar-refractivity contribution in [2.75, 3.05) is 26.2 Å². The second-order valence-electron chi connectivity index (χ2n) is 7.52. The number of hydrogen-bond donors (Lipinski definition) is 1. The molecule has 4 nitrogen and oxygen atoms in total. The smallest absolute Gasteiger partial charge is 0.193 e. The summed E-state index contributed by atoms with van der Waals surface area (Å²) in [5.74, 6) is 1.12. The molecule has 2 heterocycles. The molecule has 1 saturated carbocycles. The Labute approximate surface area is 146 Å². The first-order valence-corrected chi connectivity index (χ1v) is 9.65. The zero-order valence-corrected chi connectivity index (χ0v) is 15.4. The second-order valence-corrected chi connectivity index (χ2v) is 7.52. The van der Waals surface area contributed by atoms with Crippen LogP contribution in [0.25, 0.3) is 0 Å². The van der Waals surface area contributed by atoms with Crippen LogP contribution in [0.4, 0.5) is 0 Å². The Balaban J connectivity index is 1.61. The van der Waals surface area contributed by atoms with Crippen LogP contribution in [-0.2, 0) is 6.42 Å². The lowest BCUT2D eigenvalue weighted by Gasteiger charge is -2.33. The first-order chi connectivity index (χ1) is 11.7. The molecule has 132 valence electrons. The number of nitrogens with zero attached hydrogens (tertiary/aromatic N) is 3. The van der Waals surface area contributed by atoms with Crippen molar-refractivity contribution >= 4 is 5.96 Å². The van der Waals surface area contributed by atoms with Gasteiger partial charge in [0.1, 0.15) is 0 Å². The van der Waals surface area contributed by atoms with Crippen molar-refractivity contribution in [1.82, 2.24) is 15.2 Å². The highest BCUT2D eigenvalue weighted by molar-refractivity contribution is 5.80. The van der Waals surface area contributed by atoms with E-state index in [1.807, 2.05) is 12.4 Å². The molecule has 3 rings (SSSR count). The fourth-order valence-electron chi connectivity index (χ4n) is 4.32. The fraction of sp³-hybridized carbons (Fsp3) is 0.700. The number of aromatic nitrogens is 1. The molecular weight excluding hydrogens is 296 g/mol. The van der Waals surface area contributed by atoms with Crippen LogP contribution >= 0.6 is 0 Å². The van der Waals surface area contributed by atoms with E-state index in [1.165, 1.54) is 62.7 Å². The summed E-state index contributed by atoms with van der Waals surface area (Å²) in [5, 5.41) is 3.51. The second kappa shape index (κ2) is 8.00. The minimum Gasteiger partial charge on any atom is -0.357 e. The van der Waals surface area contributed by atoms with Crippen molar-refractivity contribution in [2.45, 2.75) is 58.8 Å². The molecule has 1 saturated heterocycles. The van der Waals surface area contributed by atoms with E-state index in [0.717, 1.165) is 25.5 Å². The molecule has 1 aliphatic heterocycles. The van der Waals surface area contributed by atoms with Crippen molar-refractivity contribution in [3.05, 3.63) is 29.6 Å². The predicted molar refractivity (Wildman–Crippen MR) is 100 cm³/mol. The maximum absolute atomic E-state index is 4.92. The van der Waals surface area contributed by atoms with Gasteiger partial charge in [0.25, 0.3) is 0 Å². The summed E-state index contributed by atoms with van der Waals surface area (Å²) in [6, 6.07) is 2.12. The third kappa shape index (κ3) is 4.08. The molecule has 4 heteroatoms. The SMILES string of the molecule is CCNC(=NCCc1ccncc1C)N1CCC2(CCCCC2)C1. The van der Waals surface area contributed by atoms with Crippen LogP contribution in [0.1, 0.15) is 56.6 Å². The molecule has 0 radical (unpaired) electrons. The van der Waals surface area contributed by atoms with E-state index >= 15 is 0 Å². The van der Waals surface area contributed by atoms with Gasteiger partial charge < -0.3 is 10.2 Å². The average molecular weight is 329 g/mol. The van der Waals surface area contributed by atoms with Crippen molar-refractivity contribution < 1.29 is 0 Å². The van der Waals surface area contributed by atoms with E-state index in [0.29, 0.717) is 5.41 Å². The Morgan fingerprint density at radius 2 is 2.12 bits per heavy atom. The van der Waals surface area contributed by atoms with Gasteiger partial charge in [0.05, 0.1) is 0 Å². The molecule has 0 atom stereocenters. The summed E-state index contributed by atoms with van der Waals surface area (Å²) in [4.78, 5) is 11.6. The number of pyridine rings is 1. The molecule has 24 heavy (non-hydrogen) atoms. The molecular formula is C20H32N4. The highest BCUT2D eigenvalue weighted by Crippen LogP contribution is 2.43. The lowest BCUT2D eigenvalue weighted by Crippen LogP contribution is -2.41. The van der Waals surface area contributed by atoms with E-state index < -0.39 is 0 Å². The molecule has 0 unspecified atom stereocenters. The molecule has 1 aromatic heterocycles. The third-order valence-electron chi connectivity index (χ3n) is 5.77. The van der Waals surface area contributed by atoms with Crippen LogP contribution in [0.3, 0.4) is 0 Å². The van der Waals surface area contributed by atoms with E-state index in [4.69, 9.17) is 4.99 Å². The lowest BCUT2D eigenvalue weighted by molar-refractivity contribution is 0.203. The zero-order chi connectivity index (χ0) is 16.8. The lowest BCUT2D eigenvalue weighted by atomic mass is 9.73. The molecule has 0 bridgehead atoms. The third-order valence-corrected chi connectivity index (χ3v) is 5.77. The van der Waals surface area contributed by atoms with Gasteiger partial charge in [-0.1, -0.05) is 19.3 Å². The van der Waals surface area contributed by atoms with Gasteiger partial charge in [-0.15, -0.1) is 0 Å². The van der Waals surface area contributed by atoms with Crippen LogP contribution in [0.2, 0.25) is 0 Å². The van der Waals surface area contributed by atoms with Gasteiger partial charge in [-0.2, -0.15) is 0 Å². The summed E-state index contributed by atoms with van der Waals surface area (Å²) in [6.07, 6.45) is 13.3. The Morgan fingerprint density at radius 3 is 2.88 bits per heavy atom. The maximum atomic E-state index is 4.92. The summed E-state index contributed by atoms with van der Waals surface area (Å²) in [7, 11) is 0. The Hall–Kier alpha value is -1.58. The molecule has 0 amide bonds. The van der Waals surface area contributed by atoms with E-state index in [2.05, 4.69) is 35.1 Å². The molecule has 1 N–H and O–H groups in total. The van der Waals surface area contributed by atoms with Crippen LogP contribution in [0.5, 0.6) is 0 Å². The van der Waals surface area contributed by atoms with Gasteiger partial charge in [-0.3, -0.25) is 9.98 Å². The largest absolute Gasteiger partial charge is 0.357 e. The Bertz CT molecular complexity index is 561. The Morgan fingerprint density at radius 1 is 1.29 bits per heavy atom. The highest BCUT2D eigenvalue weighted by atomic mass is 15.3. The van der Waals surface area contributed by atoms with Gasteiger partial charge in [0.2, 0.25) is 0 Å². The number of likely N-dealkylation sites (tertiary alicyclic amines) is 1. The van der Waals surface area contributed by atoms with Gasteiger partial charge >= 0.3 is 0 Å². The minimum atomic E-state index is 0.579. The molecule has 2 fully saturated rings. The minimum absolute atomic E-state index is 0.579. The summed E-state index contributed by atoms with van der Waals surface area (Å²) < 4.78 is 0. The standard InChI is InChI=1S/C20H32N4/c1-3-22-19(23-13-8-18-7-12-21-15-17(18)2)24-14-11-20(16-24)9-5-4-6-10-20/h7,12,15H,3-6,8-11,13-14,16H2,1-2H3,(H,22,23). The van der Waals surface area contributed by atoms with E-state index in [-0.39, 0.29) is 0 Å². The van der Waals surface area contributed by atoms with Gasteiger partial charge in [0, 0.05) is 38.6 Å². The van der Waals surface area contributed by atoms with Crippen LogP contribution in [-0.4, -0.2) is 42.0 Å². The van der Waals surface area contributed by atoms with Crippen molar-refractivity contribution in [1.29, 1.82) is 0 Å². The van der Waals surface area contributed by atoms with Crippen LogP contribution in [0.15, 0.2) is 23.5 Å². The number of rotatable bonds is 4. The van der Waals surface area contributed by atoms with E-state index in [9.17, 15) is 0 Å². The normalized spacial score (nSPS) is 20.6. The number of guanidine groups is 1. The number of aliphatic imine (C=N–C) groups is 1. The number of nitrogens with one attached hydrogen (secondary N) is 1. The van der Waals surface area contributed by atoms with Crippen LogP contribution < -0.4 is 5.32 Å². The van der Waals surface area contributed by atoms with E-state index in [1.54, 1.807) is 0 Å². The monoisotopic (exact) mass is 328 g/mol. The predicted octanol–water partition coefficient (Wildman–Crippen LogP) is 3.55. The summed E-state index contributed by atoms with van der Waals surface area (Å²) in [5.41, 5.74) is 3.20. The molecule has 0 aromatic carbocycles. The average Bonchev–Trinajstić information content (AvgIpc) is 3.00. The van der Waals surface area contributed by atoms with Crippen LogP contribution in [0, 0.1) is 12.3 Å². The summed E-state index contributed by atoms with van der Waals surface area (Å²) in [6.45, 7) is 8.44. The number of hydrogen-bond acceptors (Lipinski definition) is 2. The highest BCUT2D eigenvalue weighted by Gasteiger charge is 2.39. The van der Waals surface area contributed by atoms with Gasteiger partial charge in [-0.25, -0.2) is 0 Å². The Kier molecular flexibility index (Phi) is 5.75. The topological polar surface area (TPSA) is 40.5 Å². The molecule has 1 aliphatic carbocycles. The quantitative estimate of drug-likeness (QED) is 0.679. The van der Waals surface area contributed by atoms with Crippen molar-refractivity contribution in [3.63, 3.8) is 0 Å².